The normalized spacial score (nSPS) is 16.2. The molecule has 0 radical (unpaired) electrons. The summed E-state index contributed by atoms with van der Waals surface area (Å²) in [5, 5.41) is 1.39. The number of pyridine rings is 1. The first-order valence-corrected chi connectivity index (χ1v) is 10.8. The summed E-state index contributed by atoms with van der Waals surface area (Å²) < 4.78 is 49.1. The molecule has 4 rings (SSSR count). The number of hydrogen-bond acceptors (Lipinski definition) is 7. The van der Waals surface area contributed by atoms with Crippen molar-refractivity contribution in [3.8, 4) is 16.5 Å². The zero-order valence-corrected chi connectivity index (χ0v) is 17.9. The van der Waals surface area contributed by atoms with E-state index >= 15 is 0 Å². The van der Waals surface area contributed by atoms with Crippen LogP contribution in [0, 0.1) is 0 Å². The second-order valence-corrected chi connectivity index (χ2v) is 8.09. The lowest BCUT2D eigenvalue weighted by atomic mass is 10.2. The summed E-state index contributed by atoms with van der Waals surface area (Å²) in [6.45, 7) is 3.03. The number of alkyl halides is 3. The number of carbonyl (C=O) groups is 1. The Hall–Kier alpha value is -3.14. The van der Waals surface area contributed by atoms with Gasteiger partial charge in [-0.2, -0.15) is 13.2 Å². The van der Waals surface area contributed by atoms with Gasteiger partial charge >= 0.3 is 12.1 Å². The van der Waals surface area contributed by atoms with Crippen LogP contribution in [0.1, 0.15) is 29.4 Å². The summed E-state index contributed by atoms with van der Waals surface area (Å²) >= 11 is 1.39. The van der Waals surface area contributed by atoms with Crippen LogP contribution in [0.3, 0.4) is 0 Å². The molecular formula is C22H20F3N3O3S. The number of esters is 1. The molecule has 0 aliphatic carbocycles. The number of nitrogens with zero attached hydrogens (tertiary/aromatic N) is 3. The second-order valence-electron chi connectivity index (χ2n) is 7.12. The predicted octanol–water partition coefficient (Wildman–Crippen LogP) is 5.06. The van der Waals surface area contributed by atoms with Gasteiger partial charge in [-0.3, -0.25) is 0 Å². The molecule has 6 nitrogen and oxygen atoms in total. The van der Waals surface area contributed by atoms with Crippen LogP contribution in [0.25, 0.3) is 10.6 Å². The molecule has 0 spiro atoms. The van der Waals surface area contributed by atoms with Gasteiger partial charge in [0.15, 0.2) is 5.69 Å². The molecule has 1 aromatic carbocycles. The molecule has 10 heteroatoms. The SMILES string of the molecule is CCOC(=O)c1nc(-c2ccccc2)sc1N1CCC(Oc2ccc(C(F)(F)F)cn2)C1. The number of ether oxygens (including phenoxy) is 2. The molecule has 1 aliphatic rings. The van der Waals surface area contributed by atoms with E-state index in [2.05, 4.69) is 9.97 Å². The Labute approximate surface area is 186 Å². The Morgan fingerprint density at radius 3 is 2.66 bits per heavy atom. The van der Waals surface area contributed by atoms with Crippen molar-refractivity contribution in [3.05, 3.63) is 59.9 Å². The van der Waals surface area contributed by atoms with Crippen LogP contribution in [0.2, 0.25) is 0 Å². The maximum atomic E-state index is 12.7. The summed E-state index contributed by atoms with van der Waals surface area (Å²) in [5.41, 5.74) is 0.328. The van der Waals surface area contributed by atoms with Crippen molar-refractivity contribution in [1.82, 2.24) is 9.97 Å². The Morgan fingerprint density at radius 1 is 1.22 bits per heavy atom. The van der Waals surface area contributed by atoms with Gasteiger partial charge in [0.05, 0.1) is 18.7 Å². The molecule has 0 saturated carbocycles. The second kappa shape index (κ2) is 9.15. The van der Waals surface area contributed by atoms with Gasteiger partial charge in [0.2, 0.25) is 5.88 Å². The van der Waals surface area contributed by atoms with E-state index in [0.717, 1.165) is 17.8 Å². The monoisotopic (exact) mass is 463 g/mol. The number of thiazole rings is 1. The number of hydrogen-bond donors (Lipinski definition) is 0. The van der Waals surface area contributed by atoms with Crippen LogP contribution in [0.5, 0.6) is 5.88 Å². The highest BCUT2D eigenvalue weighted by atomic mass is 32.1. The van der Waals surface area contributed by atoms with Crippen LogP contribution >= 0.6 is 11.3 Å². The fourth-order valence-corrected chi connectivity index (χ4v) is 4.45. The predicted molar refractivity (Wildman–Crippen MR) is 114 cm³/mol. The molecule has 1 saturated heterocycles. The van der Waals surface area contributed by atoms with E-state index in [1.807, 2.05) is 35.2 Å². The van der Waals surface area contributed by atoms with Crippen LogP contribution in [0.15, 0.2) is 48.7 Å². The molecule has 3 heterocycles. The maximum Gasteiger partial charge on any atom is 0.417 e. The van der Waals surface area contributed by atoms with Crippen molar-refractivity contribution in [1.29, 1.82) is 0 Å². The summed E-state index contributed by atoms with van der Waals surface area (Å²) in [6.07, 6.45) is -3.33. The standard InChI is InChI=1S/C22H20F3N3O3S/c1-2-30-21(29)18-20(32-19(27-18)14-6-4-3-5-7-14)28-11-10-16(13-28)31-17-9-8-15(12-26-17)22(23,24)25/h3-9,12,16H,2,10-11,13H2,1H3. The van der Waals surface area contributed by atoms with Crippen molar-refractivity contribution >= 4 is 22.3 Å². The summed E-state index contributed by atoms with van der Waals surface area (Å²) in [5.74, 6) is -0.362. The third-order valence-corrected chi connectivity index (χ3v) is 6.05. The molecular weight excluding hydrogens is 443 g/mol. The number of halogens is 3. The molecule has 168 valence electrons. The highest BCUT2D eigenvalue weighted by Crippen LogP contribution is 2.37. The molecule has 0 bridgehead atoms. The van der Waals surface area contributed by atoms with E-state index in [-0.39, 0.29) is 24.3 Å². The number of benzene rings is 1. The Balaban J connectivity index is 1.51. The first kappa shape index (κ1) is 22.1. The zero-order valence-electron chi connectivity index (χ0n) is 17.1. The van der Waals surface area contributed by atoms with Gasteiger partial charge in [-0.1, -0.05) is 41.7 Å². The molecule has 2 aromatic heterocycles. The summed E-state index contributed by atoms with van der Waals surface area (Å²) in [4.78, 5) is 22.8. The van der Waals surface area contributed by atoms with E-state index in [9.17, 15) is 18.0 Å². The van der Waals surface area contributed by atoms with Crippen molar-refractivity contribution in [2.75, 3.05) is 24.6 Å². The zero-order chi connectivity index (χ0) is 22.7. The van der Waals surface area contributed by atoms with Gasteiger partial charge in [-0.05, 0) is 13.0 Å². The minimum Gasteiger partial charge on any atom is -0.472 e. The van der Waals surface area contributed by atoms with Gasteiger partial charge in [-0.15, -0.1) is 0 Å². The summed E-state index contributed by atoms with van der Waals surface area (Å²) in [6, 6.07) is 11.7. The van der Waals surface area contributed by atoms with E-state index in [4.69, 9.17) is 9.47 Å². The Kier molecular flexibility index (Phi) is 6.31. The molecule has 0 amide bonds. The number of rotatable bonds is 6. The molecule has 1 aliphatic heterocycles. The van der Waals surface area contributed by atoms with Crippen LogP contribution in [-0.2, 0) is 10.9 Å². The molecule has 3 aromatic rings. The van der Waals surface area contributed by atoms with Gasteiger partial charge in [0, 0.05) is 30.8 Å². The number of anilines is 1. The van der Waals surface area contributed by atoms with Crippen molar-refractivity contribution in [2.45, 2.75) is 25.6 Å². The summed E-state index contributed by atoms with van der Waals surface area (Å²) in [7, 11) is 0. The number of aromatic nitrogens is 2. The van der Waals surface area contributed by atoms with E-state index in [0.29, 0.717) is 29.5 Å². The third-order valence-electron chi connectivity index (χ3n) is 4.88. The Morgan fingerprint density at radius 2 is 2.00 bits per heavy atom. The fraction of sp³-hybridized carbons (Fsp3) is 0.318. The Bertz CT molecular complexity index is 1070. The molecule has 1 fully saturated rings. The van der Waals surface area contributed by atoms with Crippen LogP contribution in [0.4, 0.5) is 18.2 Å². The maximum absolute atomic E-state index is 12.7. The lowest BCUT2D eigenvalue weighted by Gasteiger charge is -2.18. The van der Waals surface area contributed by atoms with Gasteiger partial charge < -0.3 is 14.4 Å². The smallest absolute Gasteiger partial charge is 0.417 e. The number of carbonyl (C=O) groups excluding carboxylic acids is 1. The fourth-order valence-electron chi connectivity index (χ4n) is 3.36. The first-order valence-electron chi connectivity index (χ1n) is 10.0. The lowest BCUT2D eigenvalue weighted by Crippen LogP contribution is -2.25. The third kappa shape index (κ3) is 4.85. The largest absolute Gasteiger partial charge is 0.472 e. The topological polar surface area (TPSA) is 64.5 Å². The van der Waals surface area contributed by atoms with Crippen molar-refractivity contribution in [3.63, 3.8) is 0 Å². The first-order chi connectivity index (χ1) is 15.3. The average molecular weight is 463 g/mol. The van der Waals surface area contributed by atoms with Gasteiger partial charge in [0.1, 0.15) is 16.1 Å². The highest BCUT2D eigenvalue weighted by Gasteiger charge is 2.33. The minimum absolute atomic E-state index is 0.129. The molecule has 1 unspecified atom stereocenters. The lowest BCUT2D eigenvalue weighted by molar-refractivity contribution is -0.137. The van der Waals surface area contributed by atoms with Crippen molar-refractivity contribution < 1.29 is 27.4 Å². The van der Waals surface area contributed by atoms with E-state index in [1.54, 1.807) is 6.92 Å². The van der Waals surface area contributed by atoms with Crippen LogP contribution < -0.4 is 9.64 Å². The van der Waals surface area contributed by atoms with E-state index in [1.165, 1.54) is 17.4 Å². The van der Waals surface area contributed by atoms with Gasteiger partial charge in [0.25, 0.3) is 0 Å². The quantitative estimate of drug-likeness (QED) is 0.477. The molecule has 0 N–H and O–H groups in total. The van der Waals surface area contributed by atoms with Crippen molar-refractivity contribution in [2.24, 2.45) is 0 Å². The van der Waals surface area contributed by atoms with Gasteiger partial charge in [-0.25, -0.2) is 14.8 Å². The average Bonchev–Trinajstić information content (AvgIpc) is 3.41. The molecule has 1 atom stereocenters. The molecule has 32 heavy (non-hydrogen) atoms. The van der Waals surface area contributed by atoms with Crippen LogP contribution in [-0.4, -0.2) is 41.7 Å². The highest BCUT2D eigenvalue weighted by molar-refractivity contribution is 7.19. The minimum atomic E-state index is -4.44. The van der Waals surface area contributed by atoms with E-state index < -0.39 is 17.7 Å².